The number of aliphatic carboxylic acids is 2. The van der Waals surface area contributed by atoms with E-state index in [0.29, 0.717) is 0 Å². The maximum atomic E-state index is 11.8. The van der Waals surface area contributed by atoms with Crippen LogP contribution < -0.4 is 4.72 Å². The third-order valence-corrected chi connectivity index (χ3v) is 4.34. The molecule has 0 heterocycles. The van der Waals surface area contributed by atoms with E-state index in [1.54, 1.807) is 13.8 Å². The molecule has 9 heteroatoms. The first-order valence-corrected chi connectivity index (χ1v) is 7.21. The molecule has 8 nitrogen and oxygen atoms in total. The summed E-state index contributed by atoms with van der Waals surface area (Å²) < 4.78 is 26.7. The molecular weight excluding hydrogens is 276 g/mol. The van der Waals surface area contributed by atoms with Crippen LogP contribution in [0, 0.1) is 0 Å². The molecule has 0 spiro atoms. The maximum Gasteiger partial charge on any atom is 0.321 e. The van der Waals surface area contributed by atoms with E-state index >= 15 is 0 Å². The molecule has 0 bridgehead atoms. The predicted octanol–water partition coefficient (Wildman–Crippen LogP) is -0.131. The van der Waals surface area contributed by atoms with Gasteiger partial charge in [0.15, 0.2) is 0 Å². The van der Waals surface area contributed by atoms with Gasteiger partial charge in [-0.25, -0.2) is 0 Å². The molecule has 19 heavy (non-hydrogen) atoms. The van der Waals surface area contributed by atoms with Crippen molar-refractivity contribution in [1.82, 2.24) is 9.03 Å². The summed E-state index contributed by atoms with van der Waals surface area (Å²) in [4.78, 5) is 21.3. The summed E-state index contributed by atoms with van der Waals surface area (Å²) in [5.41, 5.74) is 0. The molecular formula is C10H20N2O6S. The Kier molecular flexibility index (Phi) is 6.95. The molecule has 0 fully saturated rings. The van der Waals surface area contributed by atoms with Crippen molar-refractivity contribution in [3.8, 4) is 0 Å². The van der Waals surface area contributed by atoms with Gasteiger partial charge in [-0.15, -0.1) is 0 Å². The van der Waals surface area contributed by atoms with E-state index in [2.05, 4.69) is 4.72 Å². The third-order valence-electron chi connectivity index (χ3n) is 2.58. The normalized spacial score (nSPS) is 13.7. The number of hydrogen-bond donors (Lipinski definition) is 3. The zero-order valence-corrected chi connectivity index (χ0v) is 12.0. The van der Waals surface area contributed by atoms with Gasteiger partial charge in [0.2, 0.25) is 0 Å². The quantitative estimate of drug-likeness (QED) is 0.544. The lowest BCUT2D eigenvalue weighted by Crippen LogP contribution is -2.48. The van der Waals surface area contributed by atoms with Gasteiger partial charge < -0.3 is 10.2 Å². The van der Waals surface area contributed by atoms with Crippen LogP contribution in [0.3, 0.4) is 0 Å². The summed E-state index contributed by atoms with van der Waals surface area (Å²) in [5.74, 6) is -2.38. The number of hydrogen-bond acceptors (Lipinski definition) is 4. The fourth-order valence-corrected chi connectivity index (χ4v) is 2.53. The Morgan fingerprint density at radius 3 is 2.16 bits per heavy atom. The summed E-state index contributed by atoms with van der Waals surface area (Å²) in [6, 6.07) is -1.64. The number of rotatable bonds is 9. The van der Waals surface area contributed by atoms with Crippen LogP contribution in [0.15, 0.2) is 0 Å². The zero-order chi connectivity index (χ0) is 15.2. The van der Waals surface area contributed by atoms with Crippen molar-refractivity contribution in [2.45, 2.75) is 45.2 Å². The Labute approximate surface area is 112 Å². The van der Waals surface area contributed by atoms with Gasteiger partial charge in [0.05, 0.1) is 0 Å². The van der Waals surface area contributed by atoms with E-state index in [-0.39, 0.29) is 25.3 Å². The van der Waals surface area contributed by atoms with Gasteiger partial charge in [0.1, 0.15) is 6.04 Å². The lowest BCUT2D eigenvalue weighted by atomic mass is 10.1. The molecule has 0 unspecified atom stereocenters. The van der Waals surface area contributed by atoms with Crippen molar-refractivity contribution in [3.05, 3.63) is 0 Å². The van der Waals surface area contributed by atoms with Gasteiger partial charge in [-0.1, -0.05) is 0 Å². The highest BCUT2D eigenvalue weighted by molar-refractivity contribution is 7.87. The van der Waals surface area contributed by atoms with E-state index in [4.69, 9.17) is 10.2 Å². The van der Waals surface area contributed by atoms with Crippen LogP contribution in [0.4, 0.5) is 0 Å². The summed E-state index contributed by atoms with van der Waals surface area (Å²) in [5, 5.41) is 17.4. The van der Waals surface area contributed by atoms with Crippen molar-refractivity contribution >= 4 is 22.1 Å². The van der Waals surface area contributed by atoms with Crippen LogP contribution in [0.2, 0.25) is 0 Å². The first-order valence-electron chi connectivity index (χ1n) is 5.77. The minimum absolute atomic E-state index is 0.0766. The number of carbonyl (C=O) groups is 2. The molecule has 0 aliphatic carbocycles. The minimum Gasteiger partial charge on any atom is -0.481 e. The van der Waals surface area contributed by atoms with Crippen LogP contribution >= 0.6 is 0 Å². The Morgan fingerprint density at radius 2 is 1.79 bits per heavy atom. The molecule has 0 amide bonds. The number of nitrogens with one attached hydrogen (secondary N) is 1. The molecule has 0 saturated carbocycles. The van der Waals surface area contributed by atoms with E-state index in [1.165, 1.54) is 7.05 Å². The summed E-state index contributed by atoms with van der Waals surface area (Å²) in [6.45, 7) is 3.30. The van der Waals surface area contributed by atoms with E-state index in [9.17, 15) is 18.0 Å². The summed E-state index contributed by atoms with van der Waals surface area (Å²) in [7, 11) is -2.56. The van der Waals surface area contributed by atoms with Crippen molar-refractivity contribution in [2.24, 2.45) is 0 Å². The number of nitrogens with zero attached hydrogens (tertiary/aromatic N) is 1. The van der Waals surface area contributed by atoms with Gasteiger partial charge in [0.25, 0.3) is 10.2 Å². The van der Waals surface area contributed by atoms with Gasteiger partial charge in [-0.3, -0.25) is 9.59 Å². The van der Waals surface area contributed by atoms with Crippen LogP contribution in [0.25, 0.3) is 0 Å². The molecule has 0 radical (unpaired) electrons. The second-order valence-electron chi connectivity index (χ2n) is 4.41. The van der Waals surface area contributed by atoms with Crippen LogP contribution in [0.1, 0.15) is 33.1 Å². The fourth-order valence-electron chi connectivity index (χ4n) is 1.23. The molecule has 0 aromatic carbocycles. The second-order valence-corrected chi connectivity index (χ2v) is 6.17. The van der Waals surface area contributed by atoms with Crippen molar-refractivity contribution < 1.29 is 28.2 Å². The first-order chi connectivity index (χ1) is 8.58. The van der Waals surface area contributed by atoms with Crippen molar-refractivity contribution in [2.75, 3.05) is 7.05 Å². The van der Waals surface area contributed by atoms with E-state index < -0.39 is 28.2 Å². The standard InChI is InChI=1S/C10H20N2O6S/c1-7(2)12(3)19(17,18)11-8(10(15)16)5-4-6-9(13)14/h7-8,11H,4-6H2,1-3H3,(H,13,14)(H,15,16)/t8-/m1/s1. The highest BCUT2D eigenvalue weighted by Crippen LogP contribution is 2.07. The predicted molar refractivity (Wildman–Crippen MR) is 67.9 cm³/mol. The highest BCUT2D eigenvalue weighted by Gasteiger charge is 2.28. The summed E-state index contributed by atoms with van der Waals surface area (Å²) in [6.07, 6.45) is -0.196. The van der Waals surface area contributed by atoms with Gasteiger partial charge >= 0.3 is 11.9 Å². The molecule has 0 rings (SSSR count). The number of carboxylic acids is 2. The first kappa shape index (κ1) is 17.8. The fraction of sp³-hybridized carbons (Fsp3) is 0.800. The largest absolute Gasteiger partial charge is 0.481 e. The second kappa shape index (κ2) is 7.41. The Morgan fingerprint density at radius 1 is 1.26 bits per heavy atom. The molecule has 0 aliphatic rings. The molecule has 0 aliphatic heterocycles. The summed E-state index contributed by atoms with van der Waals surface area (Å²) >= 11 is 0. The van der Waals surface area contributed by atoms with E-state index in [1.807, 2.05) is 0 Å². The molecule has 3 N–H and O–H groups in total. The lowest BCUT2D eigenvalue weighted by Gasteiger charge is -2.23. The molecule has 0 aromatic rings. The Balaban J connectivity index is 4.67. The van der Waals surface area contributed by atoms with Gasteiger partial charge in [0, 0.05) is 19.5 Å². The molecule has 112 valence electrons. The van der Waals surface area contributed by atoms with E-state index in [0.717, 1.165) is 4.31 Å². The minimum atomic E-state index is -3.90. The molecule has 1 atom stereocenters. The smallest absolute Gasteiger partial charge is 0.321 e. The van der Waals surface area contributed by atoms with Crippen molar-refractivity contribution in [3.63, 3.8) is 0 Å². The monoisotopic (exact) mass is 296 g/mol. The number of carboxylic acid groups (broad SMARTS) is 2. The molecule has 0 saturated heterocycles. The van der Waals surface area contributed by atoms with Crippen LogP contribution in [-0.4, -0.2) is 54.0 Å². The van der Waals surface area contributed by atoms with Crippen LogP contribution in [-0.2, 0) is 19.8 Å². The average Bonchev–Trinajstić information content (AvgIpc) is 2.25. The SMILES string of the molecule is CC(C)N(C)S(=O)(=O)N[C@H](CCCC(=O)O)C(=O)O. The highest BCUT2D eigenvalue weighted by atomic mass is 32.2. The van der Waals surface area contributed by atoms with Gasteiger partial charge in [-0.2, -0.15) is 17.4 Å². The molecule has 0 aromatic heterocycles. The zero-order valence-electron chi connectivity index (χ0n) is 11.2. The Bertz CT molecular complexity index is 420. The maximum absolute atomic E-state index is 11.8. The Hall–Kier alpha value is -1.19. The van der Waals surface area contributed by atoms with Gasteiger partial charge in [-0.05, 0) is 26.7 Å². The van der Waals surface area contributed by atoms with Crippen molar-refractivity contribution in [1.29, 1.82) is 0 Å². The average molecular weight is 296 g/mol. The topological polar surface area (TPSA) is 124 Å². The lowest BCUT2D eigenvalue weighted by molar-refractivity contribution is -0.140. The van der Waals surface area contributed by atoms with Crippen LogP contribution in [0.5, 0.6) is 0 Å². The third kappa shape index (κ3) is 6.50.